The first-order chi connectivity index (χ1) is 12.9. The van der Waals surface area contributed by atoms with Crippen LogP contribution in [0.15, 0.2) is 114 Å². The van der Waals surface area contributed by atoms with Crippen molar-refractivity contribution in [1.29, 1.82) is 0 Å². The summed E-state index contributed by atoms with van der Waals surface area (Å²) >= 11 is 0. The highest BCUT2D eigenvalue weighted by Crippen LogP contribution is 2.13. The van der Waals surface area contributed by atoms with E-state index < -0.39 is 8.32 Å². The average molecular weight is 356 g/mol. The molecule has 3 aromatic carbocycles. The van der Waals surface area contributed by atoms with Crippen molar-refractivity contribution in [3.05, 3.63) is 115 Å². The molecule has 1 aromatic heterocycles. The Balaban J connectivity index is 1.90. The van der Waals surface area contributed by atoms with Gasteiger partial charge >= 0.3 is 0 Å². The Bertz CT molecular complexity index is 823. The van der Waals surface area contributed by atoms with E-state index in [1.54, 1.807) is 12.5 Å². The van der Waals surface area contributed by atoms with E-state index in [9.17, 15) is 0 Å². The Labute approximate surface area is 154 Å². The van der Waals surface area contributed by atoms with E-state index in [2.05, 4.69) is 91.0 Å². The summed E-state index contributed by atoms with van der Waals surface area (Å²) in [5.41, 5.74) is 1.05. The van der Waals surface area contributed by atoms with Gasteiger partial charge in [-0.15, -0.1) is 0 Å². The van der Waals surface area contributed by atoms with Gasteiger partial charge in [0.1, 0.15) is 0 Å². The molecule has 128 valence electrons. The smallest absolute Gasteiger partial charge is 0.288 e. The first-order valence-electron chi connectivity index (χ1n) is 8.71. The lowest BCUT2D eigenvalue weighted by atomic mass is 10.3. The molecule has 0 N–H and O–H groups in total. The lowest BCUT2D eigenvalue weighted by Gasteiger charge is -2.33. The van der Waals surface area contributed by atoms with Crippen molar-refractivity contribution in [2.24, 2.45) is 0 Å². The highest BCUT2D eigenvalue weighted by molar-refractivity contribution is 7.07. The minimum absolute atomic E-state index is 0.515. The van der Waals surface area contributed by atoms with Gasteiger partial charge in [0.15, 0.2) is 0 Å². The molecule has 0 aliphatic heterocycles. The molecule has 0 fully saturated rings. The number of benzene rings is 3. The van der Waals surface area contributed by atoms with Crippen LogP contribution in [0.25, 0.3) is 0 Å². The van der Waals surface area contributed by atoms with Crippen molar-refractivity contribution in [1.82, 2.24) is 0 Å². The van der Waals surface area contributed by atoms with Gasteiger partial charge in [-0.1, -0.05) is 91.0 Å². The molecule has 1 heterocycles. The van der Waals surface area contributed by atoms with Crippen LogP contribution in [-0.4, -0.2) is 8.32 Å². The molecule has 26 heavy (non-hydrogen) atoms. The zero-order chi connectivity index (χ0) is 17.7. The summed E-state index contributed by atoms with van der Waals surface area (Å²) in [4.78, 5) is 0. The quantitative estimate of drug-likeness (QED) is 0.390. The van der Waals surface area contributed by atoms with Crippen LogP contribution in [0, 0.1) is 0 Å². The van der Waals surface area contributed by atoms with Gasteiger partial charge in [-0.3, -0.25) is 0 Å². The topological polar surface area (TPSA) is 22.4 Å². The Hall–Kier alpha value is -2.88. The van der Waals surface area contributed by atoms with Gasteiger partial charge in [-0.05, 0) is 21.6 Å². The van der Waals surface area contributed by atoms with Crippen LogP contribution in [0.3, 0.4) is 0 Å². The van der Waals surface area contributed by atoms with Crippen LogP contribution in [0.5, 0.6) is 0 Å². The van der Waals surface area contributed by atoms with Crippen LogP contribution in [0.4, 0.5) is 0 Å². The Morgan fingerprint density at radius 2 is 1.08 bits per heavy atom. The monoisotopic (exact) mass is 356 g/mol. The van der Waals surface area contributed by atoms with E-state index in [0.717, 1.165) is 5.56 Å². The standard InChI is InChI=1S/C23H20O2Si/c1-4-10-21(11-5-1)26(22-12-6-2-7-13-22,23-14-8-3-9-15-23)25-19-20-16-17-24-18-20/h1-18H,19H2. The second-order valence-electron chi connectivity index (χ2n) is 6.20. The Morgan fingerprint density at radius 3 is 1.46 bits per heavy atom. The molecule has 0 radical (unpaired) electrons. The summed E-state index contributed by atoms with van der Waals surface area (Å²) in [6, 6.07) is 33.7. The first-order valence-corrected chi connectivity index (χ1v) is 10.6. The lowest BCUT2D eigenvalue weighted by molar-refractivity contribution is 0.310. The van der Waals surface area contributed by atoms with Crippen LogP contribution in [-0.2, 0) is 11.0 Å². The molecular weight excluding hydrogens is 336 g/mol. The van der Waals surface area contributed by atoms with Crippen LogP contribution >= 0.6 is 0 Å². The normalized spacial score (nSPS) is 11.4. The zero-order valence-electron chi connectivity index (χ0n) is 14.4. The predicted octanol–water partition coefficient (Wildman–Crippen LogP) is 3.46. The fraction of sp³-hybridized carbons (Fsp3) is 0.0435. The maximum Gasteiger partial charge on any atom is 0.288 e. The molecular formula is C23H20O2Si. The van der Waals surface area contributed by atoms with E-state index >= 15 is 0 Å². The van der Waals surface area contributed by atoms with E-state index in [1.165, 1.54) is 15.6 Å². The van der Waals surface area contributed by atoms with Gasteiger partial charge in [-0.2, -0.15) is 0 Å². The predicted molar refractivity (Wildman–Crippen MR) is 107 cm³/mol. The van der Waals surface area contributed by atoms with E-state index in [-0.39, 0.29) is 0 Å². The molecule has 0 amide bonds. The summed E-state index contributed by atoms with van der Waals surface area (Å²) in [6.07, 6.45) is 3.44. The molecule has 2 nitrogen and oxygen atoms in total. The van der Waals surface area contributed by atoms with Crippen molar-refractivity contribution < 1.29 is 8.84 Å². The molecule has 4 rings (SSSR count). The highest BCUT2D eigenvalue weighted by Gasteiger charge is 2.41. The van der Waals surface area contributed by atoms with Crippen LogP contribution in [0.2, 0.25) is 0 Å². The molecule has 0 aliphatic rings. The minimum atomic E-state index is -2.62. The van der Waals surface area contributed by atoms with Crippen molar-refractivity contribution in [3.63, 3.8) is 0 Å². The van der Waals surface area contributed by atoms with Gasteiger partial charge in [0.2, 0.25) is 0 Å². The fourth-order valence-electron chi connectivity index (χ4n) is 3.33. The Kier molecular flexibility index (Phi) is 4.82. The first kappa shape index (κ1) is 16.6. The third kappa shape index (κ3) is 3.15. The fourth-order valence-corrected chi connectivity index (χ4v) is 7.20. The maximum atomic E-state index is 6.81. The average Bonchev–Trinajstić information content (AvgIpc) is 3.25. The third-order valence-corrected chi connectivity index (χ3v) is 8.59. The molecule has 0 saturated heterocycles. The van der Waals surface area contributed by atoms with E-state index in [1.807, 2.05) is 6.07 Å². The molecule has 0 atom stereocenters. The van der Waals surface area contributed by atoms with Gasteiger partial charge in [0.05, 0.1) is 19.1 Å². The summed E-state index contributed by atoms with van der Waals surface area (Å²) in [5.74, 6) is 0. The molecule has 3 heteroatoms. The Morgan fingerprint density at radius 1 is 0.615 bits per heavy atom. The molecule has 0 spiro atoms. The van der Waals surface area contributed by atoms with Crippen LogP contribution in [0.1, 0.15) is 5.56 Å². The number of rotatable bonds is 6. The summed E-state index contributed by atoms with van der Waals surface area (Å²) in [7, 11) is -2.62. The van der Waals surface area contributed by atoms with E-state index in [4.69, 9.17) is 8.84 Å². The number of hydrogen-bond acceptors (Lipinski definition) is 2. The molecule has 0 bridgehead atoms. The second-order valence-corrected chi connectivity index (χ2v) is 9.58. The summed E-state index contributed by atoms with van der Waals surface area (Å²) in [5, 5.41) is 3.71. The van der Waals surface area contributed by atoms with Crippen molar-refractivity contribution in [3.8, 4) is 0 Å². The van der Waals surface area contributed by atoms with Gasteiger partial charge in [0, 0.05) is 5.56 Å². The highest BCUT2D eigenvalue weighted by atomic mass is 28.4. The summed E-state index contributed by atoms with van der Waals surface area (Å²) in [6.45, 7) is 0.515. The summed E-state index contributed by atoms with van der Waals surface area (Å²) < 4.78 is 12.0. The number of hydrogen-bond donors (Lipinski definition) is 0. The molecule has 4 aromatic rings. The number of furan rings is 1. The largest absolute Gasteiger partial charge is 0.472 e. The maximum absolute atomic E-state index is 6.81. The zero-order valence-corrected chi connectivity index (χ0v) is 15.4. The van der Waals surface area contributed by atoms with Crippen LogP contribution < -0.4 is 15.6 Å². The van der Waals surface area contributed by atoms with Gasteiger partial charge < -0.3 is 8.84 Å². The SMILES string of the molecule is c1ccc([Si](OCc2ccoc2)(c2ccccc2)c2ccccc2)cc1. The van der Waals surface area contributed by atoms with E-state index in [0.29, 0.717) is 6.61 Å². The van der Waals surface area contributed by atoms with Crippen molar-refractivity contribution in [2.75, 3.05) is 0 Å². The van der Waals surface area contributed by atoms with Gasteiger partial charge in [0.25, 0.3) is 8.32 Å². The molecule has 0 aliphatic carbocycles. The van der Waals surface area contributed by atoms with Crippen molar-refractivity contribution in [2.45, 2.75) is 6.61 Å². The third-order valence-electron chi connectivity index (χ3n) is 4.58. The second kappa shape index (κ2) is 7.56. The minimum Gasteiger partial charge on any atom is -0.472 e. The lowest BCUT2D eigenvalue weighted by Crippen LogP contribution is -2.69. The van der Waals surface area contributed by atoms with Crippen molar-refractivity contribution >= 4 is 23.9 Å². The molecule has 0 saturated carbocycles. The molecule has 0 unspecified atom stereocenters. The van der Waals surface area contributed by atoms with Gasteiger partial charge in [-0.25, -0.2) is 0 Å².